The van der Waals surface area contributed by atoms with E-state index in [0.29, 0.717) is 12.1 Å². The van der Waals surface area contributed by atoms with Gasteiger partial charge in [-0.2, -0.15) is 0 Å². The highest BCUT2D eigenvalue weighted by molar-refractivity contribution is 5.59. The van der Waals surface area contributed by atoms with Crippen molar-refractivity contribution in [1.82, 2.24) is 0 Å². The summed E-state index contributed by atoms with van der Waals surface area (Å²) in [4.78, 5) is 2.47. The number of nitrogens with one attached hydrogen (secondary N) is 1. The van der Waals surface area contributed by atoms with Gasteiger partial charge >= 0.3 is 0 Å². The molecule has 0 aliphatic carbocycles. The molecule has 0 radical (unpaired) electrons. The average Bonchev–Trinajstić information content (AvgIpc) is 3.02. The molecular formula is C15H22N2O. The minimum Gasteiger partial charge on any atom is -0.380 e. The molecule has 2 atom stereocenters. The molecule has 18 heavy (non-hydrogen) atoms. The lowest BCUT2D eigenvalue weighted by molar-refractivity contribution is 0.121. The molecule has 2 unspecified atom stereocenters. The number of benzene rings is 1. The van der Waals surface area contributed by atoms with Gasteiger partial charge in [-0.05, 0) is 44.4 Å². The van der Waals surface area contributed by atoms with Crippen LogP contribution in [-0.4, -0.2) is 31.8 Å². The second-order valence-corrected chi connectivity index (χ2v) is 5.36. The van der Waals surface area contributed by atoms with Crippen LogP contribution < -0.4 is 10.2 Å². The molecular weight excluding hydrogens is 224 g/mol. The molecule has 2 saturated heterocycles. The summed E-state index contributed by atoms with van der Waals surface area (Å²) in [6, 6.07) is 9.25. The van der Waals surface area contributed by atoms with Crippen LogP contribution in [0, 0.1) is 0 Å². The molecule has 0 aromatic heterocycles. The zero-order valence-electron chi connectivity index (χ0n) is 11.1. The van der Waals surface area contributed by atoms with Crippen molar-refractivity contribution >= 4 is 11.4 Å². The van der Waals surface area contributed by atoms with E-state index >= 15 is 0 Å². The normalized spacial score (nSPS) is 27.7. The number of hydrogen-bond acceptors (Lipinski definition) is 3. The van der Waals surface area contributed by atoms with Crippen molar-refractivity contribution in [2.45, 2.75) is 38.3 Å². The summed E-state index contributed by atoms with van der Waals surface area (Å²) < 4.78 is 5.59. The van der Waals surface area contributed by atoms with E-state index in [2.05, 4.69) is 41.4 Å². The molecule has 1 aromatic rings. The predicted molar refractivity (Wildman–Crippen MR) is 75.3 cm³/mol. The zero-order chi connectivity index (χ0) is 12.4. The molecule has 3 nitrogen and oxygen atoms in total. The van der Waals surface area contributed by atoms with E-state index in [9.17, 15) is 0 Å². The number of ether oxygens (including phenoxy) is 1. The van der Waals surface area contributed by atoms with Crippen molar-refractivity contribution in [2.24, 2.45) is 0 Å². The lowest BCUT2D eigenvalue weighted by Gasteiger charge is -2.21. The summed E-state index contributed by atoms with van der Waals surface area (Å²) in [6.07, 6.45) is 4.08. The van der Waals surface area contributed by atoms with Crippen LogP contribution in [-0.2, 0) is 4.74 Å². The van der Waals surface area contributed by atoms with Crippen molar-refractivity contribution in [3.8, 4) is 0 Å². The Kier molecular flexibility index (Phi) is 3.41. The molecule has 2 aliphatic heterocycles. The van der Waals surface area contributed by atoms with E-state index in [1.54, 1.807) is 0 Å². The van der Waals surface area contributed by atoms with E-state index in [1.165, 1.54) is 37.3 Å². The average molecular weight is 246 g/mol. The van der Waals surface area contributed by atoms with Crippen molar-refractivity contribution in [2.75, 3.05) is 29.9 Å². The Hall–Kier alpha value is -1.22. The second kappa shape index (κ2) is 5.19. The van der Waals surface area contributed by atoms with E-state index in [-0.39, 0.29) is 0 Å². The summed E-state index contributed by atoms with van der Waals surface area (Å²) in [5, 5.41) is 3.60. The highest BCUT2D eigenvalue weighted by Crippen LogP contribution is 2.25. The fourth-order valence-electron chi connectivity index (χ4n) is 2.90. The van der Waals surface area contributed by atoms with Crippen LogP contribution >= 0.6 is 0 Å². The lowest BCUT2D eigenvalue weighted by atomic mass is 10.1. The maximum atomic E-state index is 5.59. The molecule has 0 spiro atoms. The van der Waals surface area contributed by atoms with Crippen LogP contribution in [0.5, 0.6) is 0 Å². The number of hydrogen-bond donors (Lipinski definition) is 1. The molecule has 2 heterocycles. The number of rotatable bonds is 3. The van der Waals surface area contributed by atoms with Crippen LogP contribution in [0.1, 0.15) is 26.2 Å². The SMILES string of the molecule is CC1OCCC1Nc1cccc(N2CCCC2)c1. The summed E-state index contributed by atoms with van der Waals surface area (Å²) in [6.45, 7) is 5.43. The first-order valence-electron chi connectivity index (χ1n) is 7.06. The van der Waals surface area contributed by atoms with Crippen LogP contribution in [0.25, 0.3) is 0 Å². The van der Waals surface area contributed by atoms with Gasteiger partial charge < -0.3 is 15.0 Å². The fourth-order valence-corrected chi connectivity index (χ4v) is 2.90. The molecule has 0 amide bonds. The Bertz CT molecular complexity index is 401. The van der Waals surface area contributed by atoms with E-state index in [4.69, 9.17) is 4.74 Å². The van der Waals surface area contributed by atoms with E-state index in [0.717, 1.165) is 13.0 Å². The Balaban J connectivity index is 1.70. The Labute approximate surface area is 109 Å². The van der Waals surface area contributed by atoms with E-state index < -0.39 is 0 Å². The topological polar surface area (TPSA) is 24.5 Å². The van der Waals surface area contributed by atoms with Gasteiger partial charge in [-0.25, -0.2) is 0 Å². The van der Waals surface area contributed by atoms with Gasteiger partial charge in [0.15, 0.2) is 0 Å². The highest BCUT2D eigenvalue weighted by atomic mass is 16.5. The van der Waals surface area contributed by atoms with Crippen LogP contribution in [0.2, 0.25) is 0 Å². The Morgan fingerprint density at radius 1 is 1.28 bits per heavy atom. The summed E-state index contributed by atoms with van der Waals surface area (Å²) >= 11 is 0. The number of anilines is 2. The maximum Gasteiger partial charge on any atom is 0.0748 e. The first-order valence-corrected chi connectivity index (χ1v) is 7.06. The van der Waals surface area contributed by atoms with Gasteiger partial charge in [0.25, 0.3) is 0 Å². The Morgan fingerprint density at radius 3 is 2.83 bits per heavy atom. The minimum absolute atomic E-state index is 0.320. The second-order valence-electron chi connectivity index (χ2n) is 5.36. The van der Waals surface area contributed by atoms with Crippen molar-refractivity contribution in [3.05, 3.63) is 24.3 Å². The van der Waals surface area contributed by atoms with Crippen molar-refractivity contribution in [1.29, 1.82) is 0 Å². The molecule has 98 valence electrons. The van der Waals surface area contributed by atoms with Gasteiger partial charge in [0.2, 0.25) is 0 Å². The van der Waals surface area contributed by atoms with Crippen LogP contribution in [0.15, 0.2) is 24.3 Å². The summed E-state index contributed by atoms with van der Waals surface area (Å²) in [5.74, 6) is 0. The molecule has 2 fully saturated rings. The predicted octanol–water partition coefficient (Wildman–Crippen LogP) is 2.88. The third-order valence-corrected chi connectivity index (χ3v) is 4.05. The molecule has 1 aromatic carbocycles. The molecule has 1 N–H and O–H groups in total. The lowest BCUT2D eigenvalue weighted by Crippen LogP contribution is -2.26. The van der Waals surface area contributed by atoms with Gasteiger partial charge in [0, 0.05) is 31.1 Å². The third-order valence-electron chi connectivity index (χ3n) is 4.05. The standard InChI is InChI=1S/C15H22N2O/c1-12-15(7-10-18-12)16-13-5-4-6-14(11-13)17-8-2-3-9-17/h4-6,11-12,15-16H,2-3,7-10H2,1H3. The highest BCUT2D eigenvalue weighted by Gasteiger charge is 2.24. The fraction of sp³-hybridized carbons (Fsp3) is 0.600. The monoisotopic (exact) mass is 246 g/mol. The first-order chi connectivity index (χ1) is 8.83. The first kappa shape index (κ1) is 11.8. The van der Waals surface area contributed by atoms with Gasteiger partial charge in [0.05, 0.1) is 12.1 Å². The Morgan fingerprint density at radius 2 is 2.11 bits per heavy atom. The van der Waals surface area contributed by atoms with Gasteiger partial charge in [-0.1, -0.05) is 6.07 Å². The van der Waals surface area contributed by atoms with Crippen LogP contribution in [0.3, 0.4) is 0 Å². The smallest absolute Gasteiger partial charge is 0.0748 e. The largest absolute Gasteiger partial charge is 0.380 e. The summed E-state index contributed by atoms with van der Waals surface area (Å²) in [7, 11) is 0. The minimum atomic E-state index is 0.320. The van der Waals surface area contributed by atoms with Gasteiger partial charge in [0.1, 0.15) is 0 Å². The van der Waals surface area contributed by atoms with Gasteiger partial charge in [-0.3, -0.25) is 0 Å². The van der Waals surface area contributed by atoms with Crippen molar-refractivity contribution < 1.29 is 4.74 Å². The quantitative estimate of drug-likeness (QED) is 0.887. The van der Waals surface area contributed by atoms with Crippen LogP contribution in [0.4, 0.5) is 11.4 Å². The van der Waals surface area contributed by atoms with E-state index in [1.807, 2.05) is 0 Å². The number of nitrogens with zero attached hydrogens (tertiary/aromatic N) is 1. The maximum absolute atomic E-state index is 5.59. The molecule has 2 aliphatic rings. The summed E-state index contributed by atoms with van der Waals surface area (Å²) in [5.41, 5.74) is 2.57. The molecule has 3 rings (SSSR count). The third kappa shape index (κ3) is 2.46. The van der Waals surface area contributed by atoms with Crippen molar-refractivity contribution in [3.63, 3.8) is 0 Å². The molecule has 0 saturated carbocycles. The molecule has 0 bridgehead atoms. The molecule has 3 heteroatoms. The zero-order valence-corrected chi connectivity index (χ0v) is 11.1. The van der Waals surface area contributed by atoms with Gasteiger partial charge in [-0.15, -0.1) is 0 Å².